The van der Waals surface area contributed by atoms with Gasteiger partial charge in [-0.1, -0.05) is 37.2 Å². The summed E-state index contributed by atoms with van der Waals surface area (Å²) >= 11 is 0. The molecule has 0 bridgehead atoms. The Morgan fingerprint density at radius 2 is 2.04 bits per heavy atom. The number of nitrogens with zero attached hydrogens (tertiary/aromatic N) is 1. The van der Waals surface area contributed by atoms with Crippen molar-refractivity contribution < 1.29 is 17.7 Å². The summed E-state index contributed by atoms with van der Waals surface area (Å²) in [6, 6.07) is 6.48. The standard InChI is InChI=1S/C17H20N2O4S/c1-10(2)16-15(11(3)19-23-16)17(20)18-13-8-9-24(21,22)14-7-5-4-6-12(13)14/h4-7,10,13H,8-9H2,1-3H3,(H,18,20). The molecule has 3 rings (SSSR count). The van der Waals surface area contributed by atoms with E-state index in [0.29, 0.717) is 33.9 Å². The summed E-state index contributed by atoms with van der Waals surface area (Å²) in [5.74, 6) is 0.318. The molecular formula is C17H20N2O4S. The van der Waals surface area contributed by atoms with E-state index in [9.17, 15) is 13.2 Å². The van der Waals surface area contributed by atoms with Crippen molar-refractivity contribution in [2.75, 3.05) is 5.75 Å². The van der Waals surface area contributed by atoms with Crippen LogP contribution in [-0.2, 0) is 9.84 Å². The first-order chi connectivity index (χ1) is 11.3. The van der Waals surface area contributed by atoms with E-state index in [4.69, 9.17) is 4.52 Å². The summed E-state index contributed by atoms with van der Waals surface area (Å²) in [5, 5.41) is 6.84. The number of nitrogens with one attached hydrogen (secondary N) is 1. The SMILES string of the molecule is Cc1noc(C(C)C)c1C(=O)NC1CCS(=O)(=O)c2ccccc21. The van der Waals surface area contributed by atoms with Crippen LogP contribution in [0.3, 0.4) is 0 Å². The topological polar surface area (TPSA) is 89.3 Å². The number of carbonyl (C=O) groups is 1. The van der Waals surface area contributed by atoms with Crippen LogP contribution in [0.25, 0.3) is 0 Å². The van der Waals surface area contributed by atoms with E-state index in [1.165, 1.54) is 0 Å². The van der Waals surface area contributed by atoms with Gasteiger partial charge in [-0.2, -0.15) is 0 Å². The van der Waals surface area contributed by atoms with E-state index in [2.05, 4.69) is 10.5 Å². The molecule has 1 aliphatic rings. The average Bonchev–Trinajstić information content (AvgIpc) is 2.92. The molecule has 128 valence electrons. The normalized spacial score (nSPS) is 19.1. The highest BCUT2D eigenvalue weighted by Crippen LogP contribution is 2.32. The minimum Gasteiger partial charge on any atom is -0.360 e. The fourth-order valence-electron chi connectivity index (χ4n) is 3.03. The first kappa shape index (κ1) is 16.7. The molecule has 0 spiro atoms. The van der Waals surface area contributed by atoms with Crippen molar-refractivity contribution in [3.05, 3.63) is 46.8 Å². The van der Waals surface area contributed by atoms with E-state index >= 15 is 0 Å². The average molecular weight is 348 g/mol. The Bertz CT molecular complexity index is 884. The zero-order valence-electron chi connectivity index (χ0n) is 13.9. The minimum absolute atomic E-state index is 0.0224. The molecule has 2 aromatic rings. The summed E-state index contributed by atoms with van der Waals surface area (Å²) in [4.78, 5) is 13.0. The monoisotopic (exact) mass is 348 g/mol. The summed E-state index contributed by atoms with van der Waals surface area (Å²) in [6.07, 6.45) is 0.354. The highest BCUT2D eigenvalue weighted by molar-refractivity contribution is 7.91. The minimum atomic E-state index is -3.28. The lowest BCUT2D eigenvalue weighted by Crippen LogP contribution is -2.34. The van der Waals surface area contributed by atoms with Gasteiger partial charge in [0, 0.05) is 5.92 Å². The molecule has 24 heavy (non-hydrogen) atoms. The number of rotatable bonds is 3. The Hall–Kier alpha value is -2.15. The van der Waals surface area contributed by atoms with Gasteiger partial charge in [-0.05, 0) is 25.0 Å². The van der Waals surface area contributed by atoms with Gasteiger partial charge in [-0.15, -0.1) is 0 Å². The molecule has 0 saturated carbocycles. The van der Waals surface area contributed by atoms with Crippen molar-refractivity contribution in [3.8, 4) is 0 Å². The molecule has 6 nitrogen and oxygen atoms in total. The van der Waals surface area contributed by atoms with Gasteiger partial charge in [0.2, 0.25) is 0 Å². The molecule has 0 fully saturated rings. The van der Waals surface area contributed by atoms with Gasteiger partial charge in [0.15, 0.2) is 15.6 Å². The molecule has 1 atom stereocenters. The van der Waals surface area contributed by atoms with Gasteiger partial charge in [-0.3, -0.25) is 4.79 Å². The lowest BCUT2D eigenvalue weighted by atomic mass is 10.0. The van der Waals surface area contributed by atoms with Crippen LogP contribution in [0, 0.1) is 6.92 Å². The van der Waals surface area contributed by atoms with Crippen LogP contribution in [0.2, 0.25) is 0 Å². The van der Waals surface area contributed by atoms with Gasteiger partial charge >= 0.3 is 0 Å². The quantitative estimate of drug-likeness (QED) is 0.921. The van der Waals surface area contributed by atoms with Crippen molar-refractivity contribution in [3.63, 3.8) is 0 Å². The molecule has 0 saturated heterocycles. The highest BCUT2D eigenvalue weighted by Gasteiger charge is 2.32. The molecule has 1 aromatic heterocycles. The van der Waals surface area contributed by atoms with Crippen LogP contribution in [0.5, 0.6) is 0 Å². The third-order valence-corrected chi connectivity index (χ3v) is 6.07. The van der Waals surface area contributed by atoms with Crippen molar-refractivity contribution in [2.24, 2.45) is 0 Å². The number of carbonyl (C=O) groups excluding carboxylic acids is 1. The largest absolute Gasteiger partial charge is 0.360 e. The second-order valence-corrected chi connectivity index (χ2v) is 8.41. The number of hydrogen-bond donors (Lipinski definition) is 1. The van der Waals surface area contributed by atoms with Crippen LogP contribution in [0.15, 0.2) is 33.7 Å². The highest BCUT2D eigenvalue weighted by atomic mass is 32.2. The Labute approximate surface area is 141 Å². The molecule has 7 heteroatoms. The number of benzene rings is 1. The Morgan fingerprint density at radius 1 is 1.33 bits per heavy atom. The van der Waals surface area contributed by atoms with Crippen molar-refractivity contribution >= 4 is 15.7 Å². The Balaban J connectivity index is 1.93. The molecule has 1 amide bonds. The molecular weight excluding hydrogens is 328 g/mol. The molecule has 2 heterocycles. The maximum atomic E-state index is 12.7. The van der Waals surface area contributed by atoms with Crippen molar-refractivity contribution in [1.29, 1.82) is 0 Å². The number of hydrogen-bond acceptors (Lipinski definition) is 5. The fourth-order valence-corrected chi connectivity index (χ4v) is 4.65. The van der Waals surface area contributed by atoms with Gasteiger partial charge in [0.25, 0.3) is 5.91 Å². The number of fused-ring (bicyclic) bond motifs is 1. The molecule has 1 aliphatic heterocycles. The van der Waals surface area contributed by atoms with E-state index < -0.39 is 9.84 Å². The molecule has 1 N–H and O–H groups in total. The lowest BCUT2D eigenvalue weighted by molar-refractivity contribution is 0.0931. The maximum absolute atomic E-state index is 12.7. The predicted octanol–water partition coefficient (Wildman–Crippen LogP) is 2.75. The summed E-state index contributed by atoms with van der Waals surface area (Å²) < 4.78 is 29.6. The number of amides is 1. The predicted molar refractivity (Wildman–Crippen MR) is 88.6 cm³/mol. The van der Waals surface area contributed by atoms with Crippen LogP contribution in [-0.4, -0.2) is 25.2 Å². The molecule has 0 aliphatic carbocycles. The molecule has 0 radical (unpaired) electrons. The third kappa shape index (κ3) is 2.84. The Morgan fingerprint density at radius 3 is 2.75 bits per heavy atom. The maximum Gasteiger partial charge on any atom is 0.257 e. The number of aryl methyl sites for hydroxylation is 1. The van der Waals surface area contributed by atoms with Crippen LogP contribution < -0.4 is 5.32 Å². The van der Waals surface area contributed by atoms with Gasteiger partial charge in [-0.25, -0.2) is 8.42 Å². The van der Waals surface area contributed by atoms with Crippen LogP contribution in [0.1, 0.15) is 59.6 Å². The zero-order valence-corrected chi connectivity index (χ0v) is 14.7. The van der Waals surface area contributed by atoms with E-state index in [1.807, 2.05) is 13.8 Å². The molecule has 1 unspecified atom stereocenters. The van der Waals surface area contributed by atoms with E-state index in [-0.39, 0.29) is 23.6 Å². The van der Waals surface area contributed by atoms with Gasteiger partial charge < -0.3 is 9.84 Å². The summed E-state index contributed by atoms with van der Waals surface area (Å²) in [6.45, 7) is 5.59. The zero-order chi connectivity index (χ0) is 17.5. The van der Waals surface area contributed by atoms with Crippen LogP contribution in [0.4, 0.5) is 0 Å². The second kappa shape index (κ2) is 6.05. The van der Waals surface area contributed by atoms with Gasteiger partial charge in [0.05, 0.1) is 22.4 Å². The first-order valence-electron chi connectivity index (χ1n) is 7.90. The van der Waals surface area contributed by atoms with E-state index in [0.717, 1.165) is 0 Å². The second-order valence-electron chi connectivity index (χ2n) is 6.33. The summed E-state index contributed by atoms with van der Waals surface area (Å²) in [5.41, 5.74) is 1.61. The van der Waals surface area contributed by atoms with E-state index in [1.54, 1.807) is 31.2 Å². The third-order valence-electron chi connectivity index (χ3n) is 4.25. The number of sulfone groups is 1. The van der Waals surface area contributed by atoms with Crippen LogP contribution >= 0.6 is 0 Å². The van der Waals surface area contributed by atoms with Crippen molar-refractivity contribution in [1.82, 2.24) is 10.5 Å². The Kier molecular flexibility index (Phi) is 4.21. The number of aromatic nitrogens is 1. The van der Waals surface area contributed by atoms with Gasteiger partial charge in [0.1, 0.15) is 5.56 Å². The summed E-state index contributed by atoms with van der Waals surface area (Å²) in [7, 11) is -3.28. The molecule has 1 aromatic carbocycles. The lowest BCUT2D eigenvalue weighted by Gasteiger charge is -2.26. The fraction of sp³-hybridized carbons (Fsp3) is 0.412. The van der Waals surface area contributed by atoms with Crippen molar-refractivity contribution in [2.45, 2.75) is 44.0 Å². The first-order valence-corrected chi connectivity index (χ1v) is 9.55. The smallest absolute Gasteiger partial charge is 0.257 e.